The number of ether oxygens (including phenoxy) is 3. The van der Waals surface area contributed by atoms with Crippen LogP contribution in [0.3, 0.4) is 0 Å². The van der Waals surface area contributed by atoms with Crippen LogP contribution in [-0.4, -0.2) is 55.6 Å². The highest BCUT2D eigenvalue weighted by molar-refractivity contribution is 5.84. The number of rotatable bonds is 3. The van der Waals surface area contributed by atoms with Crippen LogP contribution in [0.2, 0.25) is 0 Å². The molecule has 0 bridgehead atoms. The van der Waals surface area contributed by atoms with Crippen molar-refractivity contribution in [3.8, 4) is 0 Å². The van der Waals surface area contributed by atoms with Gasteiger partial charge in [0.05, 0.1) is 13.2 Å². The second-order valence-corrected chi connectivity index (χ2v) is 5.19. The third kappa shape index (κ3) is 2.39. The van der Waals surface area contributed by atoms with E-state index in [1.165, 1.54) is 0 Å². The molecular formula is C13H23NO4. The van der Waals surface area contributed by atoms with Crippen molar-refractivity contribution in [1.82, 2.24) is 4.90 Å². The molecule has 0 aromatic rings. The second-order valence-electron chi connectivity index (χ2n) is 5.19. The van der Waals surface area contributed by atoms with E-state index in [0.717, 1.165) is 12.8 Å². The number of carbonyl (C=O) groups excluding carboxylic acids is 1. The normalized spacial score (nSPS) is 26.3. The lowest BCUT2D eigenvalue weighted by Gasteiger charge is -2.40. The lowest BCUT2D eigenvalue weighted by atomic mass is 9.97. The summed E-state index contributed by atoms with van der Waals surface area (Å²) < 4.78 is 16.7. The van der Waals surface area contributed by atoms with E-state index in [-0.39, 0.29) is 5.91 Å². The summed E-state index contributed by atoms with van der Waals surface area (Å²) in [4.78, 5) is 14.3. The van der Waals surface area contributed by atoms with Crippen molar-refractivity contribution in [2.45, 2.75) is 44.5 Å². The summed E-state index contributed by atoms with van der Waals surface area (Å²) in [6.07, 6.45) is 2.18. The van der Waals surface area contributed by atoms with E-state index in [4.69, 9.17) is 14.2 Å². The molecule has 0 aromatic heterocycles. The fourth-order valence-corrected chi connectivity index (χ4v) is 2.55. The molecule has 2 rings (SSSR count). The van der Waals surface area contributed by atoms with Crippen molar-refractivity contribution in [2.75, 3.05) is 33.4 Å². The zero-order chi connectivity index (χ0) is 13.2. The first kappa shape index (κ1) is 13.8. The average Bonchev–Trinajstić information content (AvgIpc) is 2.86. The predicted molar refractivity (Wildman–Crippen MR) is 66.2 cm³/mol. The molecule has 1 spiro atoms. The van der Waals surface area contributed by atoms with Gasteiger partial charge in [-0.25, -0.2) is 0 Å². The molecule has 0 aliphatic carbocycles. The van der Waals surface area contributed by atoms with Gasteiger partial charge in [-0.1, -0.05) is 6.92 Å². The number of hydrogen-bond donors (Lipinski definition) is 0. The molecule has 0 N–H and O–H groups in total. The zero-order valence-electron chi connectivity index (χ0n) is 11.5. The first-order chi connectivity index (χ1) is 8.55. The highest BCUT2D eigenvalue weighted by atomic mass is 16.7. The molecule has 2 saturated heterocycles. The summed E-state index contributed by atoms with van der Waals surface area (Å²) >= 11 is 0. The van der Waals surface area contributed by atoms with Gasteiger partial charge in [-0.15, -0.1) is 0 Å². The van der Waals surface area contributed by atoms with E-state index in [9.17, 15) is 4.79 Å². The fourth-order valence-electron chi connectivity index (χ4n) is 2.55. The van der Waals surface area contributed by atoms with E-state index in [1.54, 1.807) is 7.11 Å². The molecule has 5 heteroatoms. The number of piperidine rings is 1. The van der Waals surface area contributed by atoms with Gasteiger partial charge in [-0.3, -0.25) is 4.79 Å². The maximum Gasteiger partial charge on any atom is 0.254 e. The van der Waals surface area contributed by atoms with Crippen LogP contribution in [0.1, 0.15) is 33.1 Å². The minimum atomic E-state index is -0.706. The van der Waals surface area contributed by atoms with E-state index < -0.39 is 11.4 Å². The Morgan fingerprint density at radius 3 is 2.33 bits per heavy atom. The summed E-state index contributed by atoms with van der Waals surface area (Å²) in [6.45, 7) is 6.51. The van der Waals surface area contributed by atoms with Crippen molar-refractivity contribution >= 4 is 5.91 Å². The van der Waals surface area contributed by atoms with E-state index in [2.05, 4.69) is 0 Å². The van der Waals surface area contributed by atoms with Crippen LogP contribution >= 0.6 is 0 Å². The largest absolute Gasteiger partial charge is 0.369 e. The third-order valence-electron chi connectivity index (χ3n) is 4.20. The van der Waals surface area contributed by atoms with Crippen LogP contribution in [0.25, 0.3) is 0 Å². The zero-order valence-corrected chi connectivity index (χ0v) is 11.5. The number of likely N-dealkylation sites (tertiary alicyclic amines) is 1. The van der Waals surface area contributed by atoms with Crippen molar-refractivity contribution in [2.24, 2.45) is 0 Å². The molecule has 2 aliphatic rings. The summed E-state index contributed by atoms with van der Waals surface area (Å²) in [5, 5.41) is 0. The van der Waals surface area contributed by atoms with Crippen molar-refractivity contribution in [3.05, 3.63) is 0 Å². The molecule has 1 atom stereocenters. The van der Waals surface area contributed by atoms with Gasteiger partial charge in [-0.05, 0) is 13.3 Å². The number of amides is 1. The Kier molecular flexibility index (Phi) is 3.94. The number of hydrogen-bond acceptors (Lipinski definition) is 4. The van der Waals surface area contributed by atoms with E-state index in [0.29, 0.717) is 32.7 Å². The molecule has 0 aromatic carbocycles. The standard InChI is InChI=1S/C13H23NO4/c1-4-12(2,16-3)11(15)14-7-5-13(6-8-14)17-9-10-18-13/h4-10H2,1-3H3. The van der Waals surface area contributed by atoms with Crippen molar-refractivity contribution in [3.63, 3.8) is 0 Å². The number of carbonyl (C=O) groups is 1. The van der Waals surface area contributed by atoms with Crippen molar-refractivity contribution in [1.29, 1.82) is 0 Å². The first-order valence-corrected chi connectivity index (χ1v) is 6.68. The Balaban J connectivity index is 1.95. The minimum absolute atomic E-state index is 0.0698. The fraction of sp³-hybridized carbons (Fsp3) is 0.923. The van der Waals surface area contributed by atoms with Gasteiger partial charge >= 0.3 is 0 Å². The molecule has 1 amide bonds. The van der Waals surface area contributed by atoms with Gasteiger partial charge in [0.2, 0.25) is 0 Å². The van der Waals surface area contributed by atoms with Crippen LogP contribution in [0.5, 0.6) is 0 Å². The number of nitrogens with zero attached hydrogens (tertiary/aromatic N) is 1. The molecule has 0 saturated carbocycles. The van der Waals surface area contributed by atoms with Crippen LogP contribution in [-0.2, 0) is 19.0 Å². The lowest BCUT2D eigenvalue weighted by molar-refractivity contribution is -0.192. The molecule has 5 nitrogen and oxygen atoms in total. The predicted octanol–water partition coefficient (Wildman–Crippen LogP) is 1.17. The summed E-state index contributed by atoms with van der Waals surface area (Å²) in [5.74, 6) is -0.354. The molecule has 0 radical (unpaired) electrons. The third-order valence-corrected chi connectivity index (χ3v) is 4.20. The lowest BCUT2D eigenvalue weighted by Crippen LogP contribution is -2.54. The van der Waals surface area contributed by atoms with Gasteiger partial charge in [0.1, 0.15) is 5.60 Å². The van der Waals surface area contributed by atoms with E-state index in [1.807, 2.05) is 18.7 Å². The molecule has 2 fully saturated rings. The second kappa shape index (κ2) is 5.15. The Hall–Kier alpha value is -0.650. The molecule has 2 aliphatic heterocycles. The Morgan fingerprint density at radius 2 is 1.89 bits per heavy atom. The van der Waals surface area contributed by atoms with Crippen LogP contribution in [0.4, 0.5) is 0 Å². The monoisotopic (exact) mass is 257 g/mol. The Bertz CT molecular complexity index is 298. The number of methoxy groups -OCH3 is 1. The molecule has 18 heavy (non-hydrogen) atoms. The molecule has 2 heterocycles. The average molecular weight is 257 g/mol. The van der Waals surface area contributed by atoms with Gasteiger partial charge in [0, 0.05) is 33.0 Å². The van der Waals surface area contributed by atoms with Crippen LogP contribution in [0, 0.1) is 0 Å². The maximum absolute atomic E-state index is 12.4. The maximum atomic E-state index is 12.4. The van der Waals surface area contributed by atoms with Crippen molar-refractivity contribution < 1.29 is 19.0 Å². The van der Waals surface area contributed by atoms with Gasteiger partial charge in [-0.2, -0.15) is 0 Å². The van der Waals surface area contributed by atoms with Gasteiger partial charge in [0.15, 0.2) is 5.79 Å². The highest BCUT2D eigenvalue weighted by Crippen LogP contribution is 2.32. The molecular weight excluding hydrogens is 234 g/mol. The van der Waals surface area contributed by atoms with Crippen LogP contribution < -0.4 is 0 Å². The molecule has 1 unspecified atom stereocenters. The molecule has 104 valence electrons. The SMILES string of the molecule is CCC(C)(OC)C(=O)N1CCC2(CC1)OCCO2. The Labute approximate surface area is 108 Å². The van der Waals surface area contributed by atoms with Gasteiger partial charge < -0.3 is 19.1 Å². The topological polar surface area (TPSA) is 48.0 Å². The van der Waals surface area contributed by atoms with Gasteiger partial charge in [0.25, 0.3) is 5.91 Å². The smallest absolute Gasteiger partial charge is 0.254 e. The highest BCUT2D eigenvalue weighted by Gasteiger charge is 2.43. The van der Waals surface area contributed by atoms with E-state index >= 15 is 0 Å². The summed E-state index contributed by atoms with van der Waals surface area (Å²) in [5.41, 5.74) is -0.706. The summed E-state index contributed by atoms with van der Waals surface area (Å²) in [7, 11) is 1.59. The van der Waals surface area contributed by atoms with Crippen LogP contribution in [0.15, 0.2) is 0 Å². The summed E-state index contributed by atoms with van der Waals surface area (Å²) in [6, 6.07) is 0. The quantitative estimate of drug-likeness (QED) is 0.761. The Morgan fingerprint density at radius 1 is 1.33 bits per heavy atom. The first-order valence-electron chi connectivity index (χ1n) is 6.68. The minimum Gasteiger partial charge on any atom is -0.369 e.